The highest BCUT2D eigenvalue weighted by Gasteiger charge is 2.23. The lowest BCUT2D eigenvalue weighted by Crippen LogP contribution is -2.49. The minimum absolute atomic E-state index is 0.0831. The van der Waals surface area contributed by atoms with Crippen LogP contribution in [0.5, 0.6) is 0 Å². The van der Waals surface area contributed by atoms with E-state index >= 15 is 0 Å². The molecule has 0 spiro atoms. The molecular formula is C14H31N3O. The minimum atomic E-state index is -0.177. The third-order valence-corrected chi connectivity index (χ3v) is 2.82. The molecule has 0 aliphatic heterocycles. The molecule has 1 unspecified atom stereocenters. The maximum absolute atomic E-state index is 12.0. The Morgan fingerprint density at radius 1 is 1.33 bits per heavy atom. The summed E-state index contributed by atoms with van der Waals surface area (Å²) in [7, 11) is 0. The molecule has 108 valence electrons. The van der Waals surface area contributed by atoms with E-state index < -0.39 is 0 Å². The zero-order valence-electron chi connectivity index (χ0n) is 12.9. The van der Waals surface area contributed by atoms with Crippen LogP contribution in [0.15, 0.2) is 0 Å². The van der Waals surface area contributed by atoms with Crippen molar-refractivity contribution in [1.29, 1.82) is 0 Å². The van der Waals surface area contributed by atoms with Crippen molar-refractivity contribution < 1.29 is 4.79 Å². The summed E-state index contributed by atoms with van der Waals surface area (Å²) in [5.41, 5.74) is 5.66. The molecule has 0 fully saturated rings. The van der Waals surface area contributed by atoms with Crippen LogP contribution in [0, 0.1) is 0 Å². The van der Waals surface area contributed by atoms with Crippen LogP contribution < -0.4 is 11.1 Å². The second-order valence-electron chi connectivity index (χ2n) is 6.22. The summed E-state index contributed by atoms with van der Waals surface area (Å²) in [4.78, 5) is 14.3. The zero-order chi connectivity index (χ0) is 14.3. The Balaban J connectivity index is 4.52. The molecule has 0 aromatic carbocycles. The number of nitrogens with one attached hydrogen (secondary N) is 1. The number of carbonyl (C=O) groups is 1. The maximum Gasteiger partial charge on any atom is 0.222 e. The zero-order valence-corrected chi connectivity index (χ0v) is 12.9. The van der Waals surface area contributed by atoms with Gasteiger partial charge in [-0.15, -0.1) is 0 Å². The van der Waals surface area contributed by atoms with Gasteiger partial charge in [0.05, 0.1) is 0 Å². The number of hydrogen-bond donors (Lipinski definition) is 2. The molecule has 0 radical (unpaired) electrons. The number of nitrogens with two attached hydrogens (primary N) is 1. The molecule has 0 rings (SSSR count). The van der Waals surface area contributed by atoms with Gasteiger partial charge in [-0.3, -0.25) is 9.69 Å². The Bertz CT molecular complexity index is 246. The van der Waals surface area contributed by atoms with Gasteiger partial charge in [0.15, 0.2) is 0 Å². The van der Waals surface area contributed by atoms with Crippen molar-refractivity contribution in [2.75, 3.05) is 13.1 Å². The summed E-state index contributed by atoms with van der Waals surface area (Å²) < 4.78 is 0. The fourth-order valence-electron chi connectivity index (χ4n) is 2.14. The molecule has 4 nitrogen and oxygen atoms in total. The van der Waals surface area contributed by atoms with Gasteiger partial charge in [-0.05, 0) is 47.6 Å². The van der Waals surface area contributed by atoms with Crippen molar-refractivity contribution in [3.63, 3.8) is 0 Å². The van der Waals surface area contributed by atoms with Gasteiger partial charge >= 0.3 is 0 Å². The summed E-state index contributed by atoms with van der Waals surface area (Å²) in [6.07, 6.45) is 1.56. The summed E-state index contributed by atoms with van der Waals surface area (Å²) in [5.74, 6) is 0.0831. The van der Waals surface area contributed by atoms with E-state index in [9.17, 15) is 4.79 Å². The molecule has 0 bridgehead atoms. The highest BCUT2D eigenvalue weighted by Crippen LogP contribution is 2.10. The van der Waals surface area contributed by atoms with E-state index in [1.165, 1.54) is 0 Å². The van der Waals surface area contributed by atoms with E-state index in [0.29, 0.717) is 19.0 Å². The fourth-order valence-corrected chi connectivity index (χ4v) is 2.14. The van der Waals surface area contributed by atoms with E-state index in [1.807, 2.05) is 20.8 Å². The molecular weight excluding hydrogens is 226 g/mol. The highest BCUT2D eigenvalue weighted by molar-refractivity contribution is 5.77. The lowest BCUT2D eigenvalue weighted by atomic mass is 10.1. The minimum Gasteiger partial charge on any atom is -0.351 e. The van der Waals surface area contributed by atoms with Crippen LogP contribution in [0.25, 0.3) is 0 Å². The summed E-state index contributed by atoms with van der Waals surface area (Å²) in [6.45, 7) is 14.0. The summed E-state index contributed by atoms with van der Waals surface area (Å²) in [5, 5.41) is 3.00. The molecule has 3 N–H and O–H groups in total. The van der Waals surface area contributed by atoms with Crippen LogP contribution >= 0.6 is 0 Å². The van der Waals surface area contributed by atoms with E-state index in [1.54, 1.807) is 0 Å². The van der Waals surface area contributed by atoms with Crippen LogP contribution in [-0.4, -0.2) is 41.5 Å². The molecule has 0 heterocycles. The second kappa shape index (κ2) is 7.74. The van der Waals surface area contributed by atoms with E-state index in [4.69, 9.17) is 5.73 Å². The third kappa shape index (κ3) is 6.97. The molecule has 18 heavy (non-hydrogen) atoms. The predicted octanol–water partition coefficient (Wildman–Crippen LogP) is 1.74. The first kappa shape index (κ1) is 17.4. The Morgan fingerprint density at radius 3 is 2.22 bits per heavy atom. The van der Waals surface area contributed by atoms with Crippen LogP contribution in [0.3, 0.4) is 0 Å². The number of rotatable bonds is 7. The Kier molecular flexibility index (Phi) is 7.48. The van der Waals surface area contributed by atoms with Crippen LogP contribution in [0.4, 0.5) is 0 Å². The molecule has 0 aromatic heterocycles. The Morgan fingerprint density at radius 2 is 1.89 bits per heavy atom. The molecule has 0 saturated heterocycles. The Labute approximate surface area is 112 Å². The number of amides is 1. The number of hydrogen-bond acceptors (Lipinski definition) is 3. The van der Waals surface area contributed by atoms with Gasteiger partial charge in [0.2, 0.25) is 5.91 Å². The van der Waals surface area contributed by atoms with Crippen molar-refractivity contribution >= 4 is 5.91 Å². The quantitative estimate of drug-likeness (QED) is 0.730. The molecule has 1 amide bonds. The van der Waals surface area contributed by atoms with E-state index in [0.717, 1.165) is 13.0 Å². The van der Waals surface area contributed by atoms with Gasteiger partial charge in [-0.2, -0.15) is 0 Å². The largest absolute Gasteiger partial charge is 0.351 e. The fraction of sp³-hybridized carbons (Fsp3) is 0.929. The monoisotopic (exact) mass is 257 g/mol. The average molecular weight is 257 g/mol. The summed E-state index contributed by atoms with van der Waals surface area (Å²) >= 11 is 0. The van der Waals surface area contributed by atoms with Crippen molar-refractivity contribution in [3.8, 4) is 0 Å². The van der Waals surface area contributed by atoms with Gasteiger partial charge in [0.1, 0.15) is 0 Å². The topological polar surface area (TPSA) is 58.4 Å². The predicted molar refractivity (Wildman–Crippen MR) is 77.5 cm³/mol. The molecule has 1 atom stereocenters. The maximum atomic E-state index is 12.0. The van der Waals surface area contributed by atoms with Gasteiger partial charge in [-0.1, -0.05) is 6.92 Å². The van der Waals surface area contributed by atoms with Crippen LogP contribution in [0.1, 0.15) is 54.4 Å². The standard InChI is InChI=1S/C14H31N3O/c1-7-8-17(11(2)3)12(10-15)9-13(18)16-14(4,5)6/h11-12H,7-10,15H2,1-6H3,(H,16,18). The van der Waals surface area contributed by atoms with E-state index in [2.05, 4.69) is 31.0 Å². The molecule has 0 aliphatic carbocycles. The van der Waals surface area contributed by atoms with Gasteiger partial charge < -0.3 is 11.1 Å². The van der Waals surface area contributed by atoms with Crippen molar-refractivity contribution in [1.82, 2.24) is 10.2 Å². The van der Waals surface area contributed by atoms with Gasteiger partial charge in [0, 0.05) is 30.6 Å². The third-order valence-electron chi connectivity index (χ3n) is 2.82. The van der Waals surface area contributed by atoms with Crippen LogP contribution in [-0.2, 0) is 4.79 Å². The van der Waals surface area contributed by atoms with E-state index in [-0.39, 0.29) is 17.5 Å². The smallest absolute Gasteiger partial charge is 0.222 e. The van der Waals surface area contributed by atoms with Crippen molar-refractivity contribution in [2.24, 2.45) is 5.73 Å². The summed E-state index contributed by atoms with van der Waals surface area (Å²) in [6, 6.07) is 0.549. The SMILES string of the molecule is CCCN(C(C)C)C(CN)CC(=O)NC(C)(C)C. The van der Waals surface area contributed by atoms with Crippen molar-refractivity contribution in [2.45, 2.75) is 72.0 Å². The van der Waals surface area contributed by atoms with Gasteiger partial charge in [-0.25, -0.2) is 0 Å². The first-order valence-electron chi connectivity index (χ1n) is 6.98. The lowest BCUT2D eigenvalue weighted by molar-refractivity contribution is -0.123. The number of nitrogens with zero attached hydrogens (tertiary/aromatic N) is 1. The molecule has 0 saturated carbocycles. The highest BCUT2D eigenvalue weighted by atomic mass is 16.1. The first-order valence-corrected chi connectivity index (χ1v) is 6.98. The van der Waals surface area contributed by atoms with Crippen LogP contribution in [0.2, 0.25) is 0 Å². The Hall–Kier alpha value is -0.610. The second-order valence-corrected chi connectivity index (χ2v) is 6.22. The van der Waals surface area contributed by atoms with Gasteiger partial charge in [0.25, 0.3) is 0 Å². The molecule has 0 aromatic rings. The van der Waals surface area contributed by atoms with Crippen molar-refractivity contribution in [3.05, 3.63) is 0 Å². The molecule has 4 heteroatoms. The number of carbonyl (C=O) groups excluding carboxylic acids is 1. The average Bonchev–Trinajstić information content (AvgIpc) is 2.20. The lowest BCUT2D eigenvalue weighted by Gasteiger charge is -2.34. The molecule has 0 aliphatic rings. The normalized spacial score (nSPS) is 14.1. The first-order chi connectivity index (χ1) is 8.21.